The predicted octanol–water partition coefficient (Wildman–Crippen LogP) is 3.85. The summed E-state index contributed by atoms with van der Waals surface area (Å²) in [5.74, 6) is -0.904. The van der Waals surface area contributed by atoms with E-state index >= 15 is 0 Å². The quantitative estimate of drug-likeness (QED) is 0.336. The first kappa shape index (κ1) is 22.9. The van der Waals surface area contributed by atoms with Crippen molar-refractivity contribution in [1.29, 1.82) is 0 Å². The van der Waals surface area contributed by atoms with Gasteiger partial charge >= 0.3 is 11.8 Å². The van der Waals surface area contributed by atoms with Crippen LogP contribution in [0.3, 0.4) is 0 Å². The number of carbonyl (C=O) groups excluding carboxylic acids is 2. The molecule has 0 radical (unpaired) electrons. The first-order chi connectivity index (χ1) is 15.3. The van der Waals surface area contributed by atoms with Crippen LogP contribution in [0.1, 0.15) is 17.0 Å². The molecule has 9 heteroatoms. The summed E-state index contributed by atoms with van der Waals surface area (Å²) in [7, 11) is 2.96. The molecule has 2 amide bonds. The standard InChI is InChI=1S/C23H23ClN4O4/c1-14-11-16(15(2)28(14)18-7-5-17(24)6-8-18)13-25-27-23(30)22(29)26-20-12-19(31-3)9-10-21(20)32-4/h5-13H,1-4H3,(H,26,29)(H,27,30)/b25-13-. The van der Waals surface area contributed by atoms with E-state index in [-0.39, 0.29) is 0 Å². The smallest absolute Gasteiger partial charge is 0.329 e. The molecule has 0 bridgehead atoms. The van der Waals surface area contributed by atoms with Gasteiger partial charge in [0.15, 0.2) is 0 Å². The number of amides is 2. The second kappa shape index (κ2) is 10.0. The lowest BCUT2D eigenvalue weighted by Gasteiger charge is -2.11. The van der Waals surface area contributed by atoms with Gasteiger partial charge in [-0.1, -0.05) is 11.6 Å². The van der Waals surface area contributed by atoms with Gasteiger partial charge in [0.25, 0.3) is 0 Å². The Morgan fingerprint density at radius 2 is 1.72 bits per heavy atom. The average molecular weight is 455 g/mol. The highest BCUT2D eigenvalue weighted by Gasteiger charge is 2.16. The fourth-order valence-electron chi connectivity index (χ4n) is 3.21. The Balaban J connectivity index is 1.69. The molecule has 8 nitrogen and oxygen atoms in total. The lowest BCUT2D eigenvalue weighted by atomic mass is 10.2. The Bertz CT molecular complexity index is 1170. The van der Waals surface area contributed by atoms with E-state index in [9.17, 15) is 9.59 Å². The highest BCUT2D eigenvalue weighted by Crippen LogP contribution is 2.28. The highest BCUT2D eigenvalue weighted by atomic mass is 35.5. The van der Waals surface area contributed by atoms with Crippen LogP contribution in [-0.2, 0) is 9.59 Å². The van der Waals surface area contributed by atoms with Crippen LogP contribution in [0.15, 0.2) is 53.6 Å². The van der Waals surface area contributed by atoms with Crippen molar-refractivity contribution in [3.8, 4) is 17.2 Å². The third-order valence-corrected chi connectivity index (χ3v) is 5.04. The average Bonchev–Trinajstić information content (AvgIpc) is 3.07. The van der Waals surface area contributed by atoms with E-state index < -0.39 is 11.8 Å². The SMILES string of the molecule is COc1ccc(OC)c(NC(=O)C(=O)N/N=C\c2cc(C)n(-c3ccc(Cl)cc3)c2C)c1. The predicted molar refractivity (Wildman–Crippen MR) is 124 cm³/mol. The van der Waals surface area contributed by atoms with E-state index in [2.05, 4.69) is 15.8 Å². The van der Waals surface area contributed by atoms with Crippen molar-refractivity contribution in [3.63, 3.8) is 0 Å². The number of methoxy groups -OCH3 is 2. The topological polar surface area (TPSA) is 93.9 Å². The van der Waals surface area contributed by atoms with Crippen LogP contribution in [0.25, 0.3) is 5.69 Å². The minimum absolute atomic E-state index is 0.308. The molecule has 0 spiro atoms. The monoisotopic (exact) mass is 454 g/mol. The number of benzene rings is 2. The first-order valence-electron chi connectivity index (χ1n) is 9.65. The van der Waals surface area contributed by atoms with E-state index in [0.29, 0.717) is 22.2 Å². The van der Waals surface area contributed by atoms with Crippen LogP contribution in [-0.4, -0.2) is 36.8 Å². The van der Waals surface area contributed by atoms with Crippen molar-refractivity contribution < 1.29 is 19.1 Å². The minimum Gasteiger partial charge on any atom is -0.497 e. The molecule has 0 unspecified atom stereocenters. The maximum Gasteiger partial charge on any atom is 0.329 e. The number of nitrogens with zero attached hydrogens (tertiary/aromatic N) is 2. The van der Waals surface area contributed by atoms with Gasteiger partial charge in [-0.25, -0.2) is 5.43 Å². The molecule has 0 aliphatic carbocycles. The molecule has 32 heavy (non-hydrogen) atoms. The molecular formula is C23H23ClN4O4. The third-order valence-electron chi connectivity index (χ3n) is 4.79. The molecule has 1 aromatic heterocycles. The lowest BCUT2D eigenvalue weighted by Crippen LogP contribution is -2.32. The van der Waals surface area contributed by atoms with Gasteiger partial charge in [-0.15, -0.1) is 0 Å². The van der Waals surface area contributed by atoms with Gasteiger partial charge in [-0.05, 0) is 56.3 Å². The van der Waals surface area contributed by atoms with Crippen LogP contribution < -0.4 is 20.2 Å². The molecule has 0 aliphatic rings. The number of hydrogen-bond donors (Lipinski definition) is 2. The number of hydrazone groups is 1. The fourth-order valence-corrected chi connectivity index (χ4v) is 3.33. The van der Waals surface area contributed by atoms with Gasteiger partial charge in [0.2, 0.25) is 0 Å². The van der Waals surface area contributed by atoms with E-state index in [0.717, 1.165) is 22.6 Å². The van der Waals surface area contributed by atoms with Gasteiger partial charge < -0.3 is 19.4 Å². The Morgan fingerprint density at radius 3 is 2.38 bits per heavy atom. The number of rotatable bonds is 6. The highest BCUT2D eigenvalue weighted by molar-refractivity contribution is 6.39. The number of aryl methyl sites for hydroxylation is 1. The normalized spacial score (nSPS) is 10.8. The van der Waals surface area contributed by atoms with Crippen molar-refractivity contribution in [2.75, 3.05) is 19.5 Å². The number of halogens is 1. The molecule has 1 heterocycles. The zero-order chi connectivity index (χ0) is 23.3. The lowest BCUT2D eigenvalue weighted by molar-refractivity contribution is -0.136. The maximum absolute atomic E-state index is 12.3. The molecule has 3 aromatic rings. The van der Waals surface area contributed by atoms with Crippen LogP contribution in [0.2, 0.25) is 5.02 Å². The molecule has 0 aliphatic heterocycles. The van der Waals surface area contributed by atoms with Crippen molar-refractivity contribution in [3.05, 3.63) is 70.5 Å². The van der Waals surface area contributed by atoms with Crippen molar-refractivity contribution in [2.45, 2.75) is 13.8 Å². The first-order valence-corrected chi connectivity index (χ1v) is 10.0. The van der Waals surface area contributed by atoms with Crippen molar-refractivity contribution in [2.24, 2.45) is 5.10 Å². The van der Waals surface area contributed by atoms with Gasteiger partial charge in [-0.3, -0.25) is 9.59 Å². The summed E-state index contributed by atoms with van der Waals surface area (Å²) in [6.07, 6.45) is 1.49. The van der Waals surface area contributed by atoms with Crippen molar-refractivity contribution >= 4 is 35.3 Å². The Labute approximate surface area is 190 Å². The minimum atomic E-state index is -0.919. The van der Waals surface area contributed by atoms with Crippen LogP contribution >= 0.6 is 11.6 Å². The number of anilines is 1. The number of aromatic nitrogens is 1. The maximum atomic E-state index is 12.3. The van der Waals surface area contributed by atoms with Crippen LogP contribution in [0.5, 0.6) is 11.5 Å². The number of ether oxygens (including phenoxy) is 2. The van der Waals surface area contributed by atoms with Gasteiger partial charge in [0.1, 0.15) is 11.5 Å². The summed E-state index contributed by atoms with van der Waals surface area (Å²) in [6, 6.07) is 14.3. The van der Waals surface area contributed by atoms with E-state index in [1.54, 1.807) is 18.2 Å². The molecule has 166 valence electrons. The number of carbonyl (C=O) groups is 2. The largest absolute Gasteiger partial charge is 0.497 e. The van der Waals surface area contributed by atoms with Crippen LogP contribution in [0.4, 0.5) is 5.69 Å². The van der Waals surface area contributed by atoms with Gasteiger partial charge in [0.05, 0.1) is 26.1 Å². The van der Waals surface area contributed by atoms with Crippen LogP contribution in [0, 0.1) is 13.8 Å². The summed E-state index contributed by atoms with van der Waals surface area (Å²) in [4.78, 5) is 24.4. The Hall–Kier alpha value is -3.78. The summed E-state index contributed by atoms with van der Waals surface area (Å²) >= 11 is 5.97. The second-order valence-corrected chi connectivity index (χ2v) is 7.29. The molecule has 0 atom stereocenters. The molecule has 3 rings (SSSR count). The zero-order valence-electron chi connectivity index (χ0n) is 18.1. The zero-order valence-corrected chi connectivity index (χ0v) is 18.9. The molecule has 0 saturated heterocycles. The van der Waals surface area contributed by atoms with Gasteiger partial charge in [0, 0.05) is 33.7 Å². The summed E-state index contributed by atoms with van der Waals surface area (Å²) in [5, 5.41) is 7.08. The van der Waals surface area contributed by atoms with E-state index in [4.69, 9.17) is 21.1 Å². The summed E-state index contributed by atoms with van der Waals surface area (Å²) in [6.45, 7) is 3.90. The molecule has 0 saturated carbocycles. The Kier molecular flexibility index (Phi) is 7.17. The molecule has 2 N–H and O–H groups in total. The number of hydrogen-bond acceptors (Lipinski definition) is 5. The number of nitrogens with one attached hydrogen (secondary N) is 2. The van der Waals surface area contributed by atoms with Crippen molar-refractivity contribution in [1.82, 2.24) is 9.99 Å². The Morgan fingerprint density at radius 1 is 1.00 bits per heavy atom. The summed E-state index contributed by atoms with van der Waals surface area (Å²) < 4.78 is 12.4. The molecular weight excluding hydrogens is 432 g/mol. The molecule has 0 fully saturated rings. The summed E-state index contributed by atoms with van der Waals surface area (Å²) in [5.41, 5.74) is 6.22. The molecule has 2 aromatic carbocycles. The third kappa shape index (κ3) is 5.09. The van der Waals surface area contributed by atoms with E-state index in [1.807, 2.05) is 48.7 Å². The van der Waals surface area contributed by atoms with Gasteiger partial charge in [-0.2, -0.15) is 5.10 Å². The van der Waals surface area contributed by atoms with E-state index in [1.165, 1.54) is 20.4 Å². The second-order valence-electron chi connectivity index (χ2n) is 6.86. The fraction of sp³-hybridized carbons (Fsp3) is 0.174.